The number of halogens is 1. The molecule has 0 bridgehead atoms. The summed E-state index contributed by atoms with van der Waals surface area (Å²) >= 11 is 4.94. The fourth-order valence-corrected chi connectivity index (χ4v) is 2.73. The molecule has 1 heterocycles. The number of aryl methyl sites for hydroxylation is 1. The minimum atomic E-state index is 0.114. The number of amides is 1. The van der Waals surface area contributed by atoms with Gasteiger partial charge in [-0.15, -0.1) is 11.3 Å². The predicted octanol–water partition coefficient (Wildman–Crippen LogP) is 3.69. The van der Waals surface area contributed by atoms with Gasteiger partial charge in [-0.3, -0.25) is 4.79 Å². The van der Waals surface area contributed by atoms with Gasteiger partial charge in [0.2, 0.25) is 0 Å². The fourth-order valence-electron chi connectivity index (χ4n) is 1.21. The van der Waals surface area contributed by atoms with Crippen molar-refractivity contribution in [3.63, 3.8) is 0 Å². The van der Waals surface area contributed by atoms with Crippen LogP contribution >= 0.6 is 27.3 Å². The summed E-state index contributed by atoms with van der Waals surface area (Å²) in [6.45, 7) is 6.15. The van der Waals surface area contributed by atoms with E-state index in [4.69, 9.17) is 0 Å². The van der Waals surface area contributed by atoms with Crippen LogP contribution in [0.25, 0.3) is 0 Å². The molecule has 0 N–H and O–H groups in total. The molecule has 0 saturated carbocycles. The molecule has 15 heavy (non-hydrogen) atoms. The molecule has 0 aliphatic carbocycles. The van der Waals surface area contributed by atoms with Crippen LogP contribution in [0.5, 0.6) is 0 Å². The highest BCUT2D eigenvalue weighted by atomic mass is 79.9. The van der Waals surface area contributed by atoms with Gasteiger partial charge < -0.3 is 4.90 Å². The topological polar surface area (TPSA) is 20.3 Å². The number of carbonyl (C=O) groups is 1. The Morgan fingerprint density at radius 2 is 2.27 bits per heavy atom. The van der Waals surface area contributed by atoms with Gasteiger partial charge in [0.15, 0.2) is 0 Å². The van der Waals surface area contributed by atoms with Crippen molar-refractivity contribution in [3.8, 4) is 0 Å². The van der Waals surface area contributed by atoms with Crippen LogP contribution in [0.15, 0.2) is 9.85 Å². The Balaban J connectivity index is 2.85. The van der Waals surface area contributed by atoms with Gasteiger partial charge >= 0.3 is 0 Å². The molecule has 1 amide bonds. The molecule has 0 saturated heterocycles. The Labute approximate surface area is 103 Å². The van der Waals surface area contributed by atoms with Gasteiger partial charge in [0.1, 0.15) is 0 Å². The third-order valence-electron chi connectivity index (χ3n) is 2.64. The summed E-state index contributed by atoms with van der Waals surface area (Å²) in [5.74, 6) is 0.114. The molecule has 1 aromatic heterocycles. The van der Waals surface area contributed by atoms with Crippen LogP contribution < -0.4 is 0 Å². The molecule has 84 valence electrons. The Kier molecular flexibility index (Phi) is 4.34. The molecular weight excluding hydrogens is 274 g/mol. The van der Waals surface area contributed by atoms with E-state index in [2.05, 4.69) is 29.8 Å². The van der Waals surface area contributed by atoms with Crippen molar-refractivity contribution < 1.29 is 4.79 Å². The van der Waals surface area contributed by atoms with Crippen LogP contribution in [0.4, 0.5) is 0 Å². The zero-order chi connectivity index (χ0) is 11.6. The van der Waals surface area contributed by atoms with E-state index in [1.165, 1.54) is 11.3 Å². The van der Waals surface area contributed by atoms with Crippen molar-refractivity contribution in [3.05, 3.63) is 20.3 Å². The lowest BCUT2D eigenvalue weighted by atomic mass is 10.2. The predicted molar refractivity (Wildman–Crippen MR) is 68.6 cm³/mol. The van der Waals surface area contributed by atoms with E-state index in [-0.39, 0.29) is 5.91 Å². The molecule has 0 spiro atoms. The van der Waals surface area contributed by atoms with Gasteiger partial charge in [-0.2, -0.15) is 0 Å². The number of hydrogen-bond donors (Lipinski definition) is 0. The minimum Gasteiger partial charge on any atom is -0.338 e. The number of carbonyl (C=O) groups excluding carboxylic acids is 1. The van der Waals surface area contributed by atoms with Crippen LogP contribution in [-0.2, 0) is 0 Å². The zero-order valence-corrected chi connectivity index (χ0v) is 11.9. The summed E-state index contributed by atoms with van der Waals surface area (Å²) in [6.07, 6.45) is 0.980. The molecule has 0 aliphatic heterocycles. The van der Waals surface area contributed by atoms with E-state index in [0.717, 1.165) is 20.6 Å². The van der Waals surface area contributed by atoms with E-state index in [0.29, 0.717) is 6.04 Å². The Morgan fingerprint density at radius 3 is 2.67 bits per heavy atom. The summed E-state index contributed by atoms with van der Waals surface area (Å²) in [4.78, 5) is 14.6. The Bertz CT molecular complexity index is 342. The lowest BCUT2D eigenvalue weighted by Crippen LogP contribution is -2.34. The minimum absolute atomic E-state index is 0.114. The first-order chi connectivity index (χ1) is 6.97. The second-order valence-corrected chi connectivity index (χ2v) is 6.11. The molecule has 1 aromatic rings. The van der Waals surface area contributed by atoms with E-state index < -0.39 is 0 Å². The second-order valence-electron chi connectivity index (χ2n) is 3.74. The van der Waals surface area contributed by atoms with Crippen molar-refractivity contribution in [2.24, 2.45) is 0 Å². The van der Waals surface area contributed by atoms with Crippen molar-refractivity contribution in [1.29, 1.82) is 0 Å². The third kappa shape index (κ3) is 2.82. The lowest BCUT2D eigenvalue weighted by Gasteiger charge is -2.22. The summed E-state index contributed by atoms with van der Waals surface area (Å²) < 4.78 is 1.04. The highest BCUT2D eigenvalue weighted by Gasteiger charge is 2.18. The van der Waals surface area contributed by atoms with Crippen LogP contribution in [0.1, 0.15) is 35.5 Å². The van der Waals surface area contributed by atoms with Crippen molar-refractivity contribution in [1.82, 2.24) is 4.90 Å². The first kappa shape index (κ1) is 12.7. The number of nitrogens with zero attached hydrogens (tertiary/aromatic N) is 1. The normalized spacial score (nSPS) is 12.6. The first-order valence-corrected chi connectivity index (χ1v) is 6.61. The molecule has 0 fully saturated rings. The molecule has 4 heteroatoms. The quantitative estimate of drug-likeness (QED) is 0.831. The largest absolute Gasteiger partial charge is 0.338 e. The highest BCUT2D eigenvalue weighted by Crippen LogP contribution is 2.28. The fraction of sp³-hybridized carbons (Fsp3) is 0.545. The maximum absolute atomic E-state index is 12.0. The SMILES string of the molecule is CCC(C)N(C)C(=O)c1cc(C)c(Br)s1. The summed E-state index contributed by atoms with van der Waals surface area (Å²) in [5.41, 5.74) is 1.13. The van der Waals surface area contributed by atoms with Crippen LogP contribution in [0, 0.1) is 6.92 Å². The first-order valence-electron chi connectivity index (χ1n) is 5.00. The van der Waals surface area contributed by atoms with Crippen molar-refractivity contribution in [2.75, 3.05) is 7.05 Å². The maximum atomic E-state index is 12.0. The summed E-state index contributed by atoms with van der Waals surface area (Å²) in [5, 5.41) is 0. The second kappa shape index (κ2) is 5.12. The van der Waals surface area contributed by atoms with Crippen LogP contribution in [0.2, 0.25) is 0 Å². The molecule has 1 rings (SSSR count). The molecule has 1 unspecified atom stereocenters. The van der Waals surface area contributed by atoms with Gasteiger partial charge in [0, 0.05) is 13.1 Å². The van der Waals surface area contributed by atoms with Gasteiger partial charge in [0.25, 0.3) is 5.91 Å². The highest BCUT2D eigenvalue weighted by molar-refractivity contribution is 9.11. The molecule has 0 aliphatic rings. The molecule has 1 atom stereocenters. The molecular formula is C11H16BrNOS. The van der Waals surface area contributed by atoms with E-state index in [1.807, 2.05) is 20.0 Å². The van der Waals surface area contributed by atoms with Gasteiger partial charge in [0.05, 0.1) is 8.66 Å². The number of rotatable bonds is 3. The zero-order valence-electron chi connectivity index (χ0n) is 9.50. The van der Waals surface area contributed by atoms with E-state index >= 15 is 0 Å². The van der Waals surface area contributed by atoms with Crippen molar-refractivity contribution >= 4 is 33.2 Å². The van der Waals surface area contributed by atoms with Gasteiger partial charge in [-0.05, 0) is 47.8 Å². The molecule has 2 nitrogen and oxygen atoms in total. The molecule has 0 aromatic carbocycles. The van der Waals surface area contributed by atoms with Crippen LogP contribution in [-0.4, -0.2) is 23.9 Å². The summed E-state index contributed by atoms with van der Waals surface area (Å²) in [7, 11) is 1.86. The van der Waals surface area contributed by atoms with Crippen LogP contribution in [0.3, 0.4) is 0 Å². The standard InChI is InChI=1S/C11H16BrNOS/c1-5-8(3)13(4)11(14)9-6-7(2)10(12)15-9/h6,8H,5H2,1-4H3. The van der Waals surface area contributed by atoms with E-state index in [1.54, 1.807) is 4.90 Å². The third-order valence-corrected chi connectivity index (χ3v) is 4.76. The Hall–Kier alpha value is -0.350. The monoisotopic (exact) mass is 289 g/mol. The average Bonchev–Trinajstić information content (AvgIpc) is 2.56. The average molecular weight is 290 g/mol. The number of thiophene rings is 1. The summed E-state index contributed by atoms with van der Waals surface area (Å²) in [6, 6.07) is 2.23. The Morgan fingerprint density at radius 1 is 1.67 bits per heavy atom. The lowest BCUT2D eigenvalue weighted by molar-refractivity contribution is 0.0745. The number of hydrogen-bond acceptors (Lipinski definition) is 2. The maximum Gasteiger partial charge on any atom is 0.263 e. The smallest absolute Gasteiger partial charge is 0.263 e. The van der Waals surface area contributed by atoms with Gasteiger partial charge in [-0.1, -0.05) is 6.92 Å². The molecule has 0 radical (unpaired) electrons. The van der Waals surface area contributed by atoms with E-state index in [9.17, 15) is 4.79 Å². The van der Waals surface area contributed by atoms with Crippen molar-refractivity contribution in [2.45, 2.75) is 33.2 Å². The van der Waals surface area contributed by atoms with Gasteiger partial charge in [-0.25, -0.2) is 0 Å².